The van der Waals surface area contributed by atoms with E-state index in [4.69, 9.17) is 21.4 Å². The third-order valence-corrected chi connectivity index (χ3v) is 6.64. The molecule has 0 saturated carbocycles. The van der Waals surface area contributed by atoms with Crippen LogP contribution in [0.15, 0.2) is 82.9 Å². The highest BCUT2D eigenvalue weighted by atomic mass is 35.5. The van der Waals surface area contributed by atoms with Crippen molar-refractivity contribution in [3.63, 3.8) is 0 Å². The summed E-state index contributed by atoms with van der Waals surface area (Å²) in [6, 6.07) is 24.4. The molecule has 0 amide bonds. The van der Waals surface area contributed by atoms with Gasteiger partial charge in [-0.2, -0.15) is 0 Å². The van der Waals surface area contributed by atoms with E-state index in [1.165, 1.54) is 11.1 Å². The first-order chi connectivity index (χ1) is 14.6. The number of rotatable bonds is 3. The van der Waals surface area contributed by atoms with Crippen molar-refractivity contribution in [3.8, 4) is 0 Å². The lowest BCUT2D eigenvalue weighted by Gasteiger charge is -2.18. The molecule has 3 aromatic carbocycles. The van der Waals surface area contributed by atoms with E-state index in [-0.39, 0.29) is 11.4 Å². The molecule has 0 aromatic heterocycles. The molecule has 0 aliphatic carbocycles. The number of fused-ring (bicyclic) bond motifs is 1. The molecule has 2 aliphatic rings. The van der Waals surface area contributed by atoms with Crippen molar-refractivity contribution in [1.82, 2.24) is 0 Å². The number of amidine groups is 2. The van der Waals surface area contributed by atoms with E-state index >= 15 is 0 Å². The van der Waals surface area contributed by atoms with Gasteiger partial charge < -0.3 is 4.84 Å². The summed E-state index contributed by atoms with van der Waals surface area (Å²) in [4.78, 5) is 12.9. The summed E-state index contributed by atoms with van der Waals surface area (Å²) in [6.07, 6.45) is -0.180. The molecule has 5 rings (SSSR count). The molecule has 2 atom stereocenters. The Morgan fingerprint density at radius 1 is 0.900 bits per heavy atom. The summed E-state index contributed by atoms with van der Waals surface area (Å²) < 4.78 is 0. The first kappa shape index (κ1) is 19.2. The van der Waals surface area contributed by atoms with Crippen molar-refractivity contribution in [2.24, 2.45) is 10.1 Å². The van der Waals surface area contributed by atoms with E-state index in [9.17, 15) is 0 Å². The number of halogens is 1. The zero-order valence-corrected chi connectivity index (χ0v) is 18.2. The first-order valence-corrected chi connectivity index (χ1v) is 11.0. The number of hydrogen-bond acceptors (Lipinski definition) is 4. The molecule has 0 radical (unpaired) electrons. The average Bonchev–Trinajstić information content (AvgIpc) is 3.30. The zero-order chi connectivity index (χ0) is 20.7. The lowest BCUT2D eigenvalue weighted by Crippen LogP contribution is -2.31. The van der Waals surface area contributed by atoms with Gasteiger partial charge in [-0.3, -0.25) is 4.90 Å². The Labute approximate surface area is 185 Å². The Balaban J connectivity index is 1.54. The topological polar surface area (TPSA) is 37.2 Å². The lowest BCUT2D eigenvalue weighted by atomic mass is 10.1. The van der Waals surface area contributed by atoms with Gasteiger partial charge in [0.2, 0.25) is 0 Å². The van der Waals surface area contributed by atoms with Crippen LogP contribution >= 0.6 is 23.4 Å². The van der Waals surface area contributed by atoms with Gasteiger partial charge in [-0.15, -0.1) is 0 Å². The Morgan fingerprint density at radius 2 is 1.53 bits per heavy atom. The minimum Gasteiger partial charge on any atom is -0.384 e. The van der Waals surface area contributed by atoms with Crippen LogP contribution in [-0.4, -0.2) is 16.3 Å². The van der Waals surface area contributed by atoms with Crippen LogP contribution in [0.25, 0.3) is 0 Å². The van der Waals surface area contributed by atoms with Crippen LogP contribution < -0.4 is 4.90 Å². The number of nitrogens with zero attached hydrogens (tertiary/aromatic N) is 3. The van der Waals surface area contributed by atoms with Crippen molar-refractivity contribution in [3.05, 3.63) is 94.5 Å². The molecular weight excluding hydrogens is 414 g/mol. The minimum absolute atomic E-state index is 0.0247. The molecule has 1 saturated heterocycles. The Kier molecular flexibility index (Phi) is 5.01. The van der Waals surface area contributed by atoms with Crippen LogP contribution in [-0.2, 0) is 4.84 Å². The van der Waals surface area contributed by atoms with Crippen molar-refractivity contribution in [1.29, 1.82) is 0 Å². The third kappa shape index (κ3) is 3.59. The Hall–Kier alpha value is -2.76. The molecule has 0 N–H and O–H groups in total. The molecule has 0 bridgehead atoms. The van der Waals surface area contributed by atoms with Crippen LogP contribution in [0.2, 0.25) is 5.02 Å². The van der Waals surface area contributed by atoms with E-state index in [2.05, 4.69) is 60.3 Å². The van der Waals surface area contributed by atoms with Gasteiger partial charge >= 0.3 is 0 Å². The smallest absolute Gasteiger partial charge is 0.175 e. The quantitative estimate of drug-likeness (QED) is 0.464. The predicted octanol–water partition coefficient (Wildman–Crippen LogP) is 6.65. The van der Waals surface area contributed by atoms with Crippen LogP contribution in [0.3, 0.4) is 0 Å². The molecule has 1 fully saturated rings. The summed E-state index contributed by atoms with van der Waals surface area (Å²) in [5.74, 6) is 0.870. The summed E-state index contributed by atoms with van der Waals surface area (Å²) >= 11 is 7.75. The second-order valence-corrected chi connectivity index (χ2v) is 9.01. The van der Waals surface area contributed by atoms with E-state index in [0.717, 1.165) is 27.9 Å². The van der Waals surface area contributed by atoms with Gasteiger partial charge in [0, 0.05) is 10.7 Å². The molecular formula is C24H20ClN3OS. The SMILES string of the molecule is Cc1ccc(N=C2SC3C(=NOC3c3ccc(Cl)cc3)N2c2ccc(C)cc2)cc1. The third-order valence-electron chi connectivity index (χ3n) is 5.19. The van der Waals surface area contributed by atoms with Gasteiger partial charge in [-0.05, 0) is 55.8 Å². The summed E-state index contributed by atoms with van der Waals surface area (Å²) in [5.41, 5.74) is 5.43. The maximum absolute atomic E-state index is 6.07. The normalized spacial score (nSPS) is 21.5. The largest absolute Gasteiger partial charge is 0.384 e. The second-order valence-electron chi connectivity index (χ2n) is 7.47. The molecule has 2 heterocycles. The fourth-order valence-corrected chi connectivity index (χ4v) is 4.93. The maximum atomic E-state index is 6.07. The van der Waals surface area contributed by atoms with Crippen molar-refractivity contribution in [2.45, 2.75) is 25.2 Å². The van der Waals surface area contributed by atoms with Gasteiger partial charge in [0.05, 0.1) is 5.69 Å². The van der Waals surface area contributed by atoms with Crippen LogP contribution in [0.1, 0.15) is 22.8 Å². The van der Waals surface area contributed by atoms with Crippen LogP contribution in [0, 0.1) is 13.8 Å². The van der Waals surface area contributed by atoms with Crippen molar-refractivity contribution < 1.29 is 4.84 Å². The highest BCUT2D eigenvalue weighted by Crippen LogP contribution is 2.45. The van der Waals surface area contributed by atoms with Gasteiger partial charge in [0.1, 0.15) is 5.25 Å². The van der Waals surface area contributed by atoms with Crippen molar-refractivity contribution in [2.75, 3.05) is 4.90 Å². The zero-order valence-electron chi connectivity index (χ0n) is 16.6. The van der Waals surface area contributed by atoms with Crippen LogP contribution in [0.4, 0.5) is 11.4 Å². The van der Waals surface area contributed by atoms with E-state index in [0.29, 0.717) is 5.02 Å². The fourth-order valence-electron chi connectivity index (χ4n) is 3.53. The fraction of sp³-hybridized carbons (Fsp3) is 0.167. The van der Waals surface area contributed by atoms with Gasteiger partial charge in [0.15, 0.2) is 17.1 Å². The molecule has 6 heteroatoms. The van der Waals surface area contributed by atoms with E-state index < -0.39 is 0 Å². The predicted molar refractivity (Wildman–Crippen MR) is 126 cm³/mol. The van der Waals surface area contributed by atoms with Gasteiger partial charge in [-0.25, -0.2) is 4.99 Å². The van der Waals surface area contributed by atoms with Crippen molar-refractivity contribution >= 4 is 45.7 Å². The number of thioether (sulfide) groups is 1. The number of anilines is 1. The van der Waals surface area contributed by atoms with Crippen LogP contribution in [0.5, 0.6) is 0 Å². The summed E-state index contributed by atoms with van der Waals surface area (Å²) in [5, 5.41) is 6.10. The summed E-state index contributed by atoms with van der Waals surface area (Å²) in [6.45, 7) is 4.16. The minimum atomic E-state index is -0.180. The first-order valence-electron chi connectivity index (χ1n) is 9.76. The standard InChI is InChI=1S/C24H20ClN3OS/c1-15-3-11-19(12-4-15)26-24-28(20-13-5-16(2)6-14-20)23-22(30-24)21(29-27-23)17-7-9-18(25)10-8-17/h3-14,21-22H,1-2H3. The molecule has 3 aromatic rings. The average molecular weight is 434 g/mol. The maximum Gasteiger partial charge on any atom is 0.175 e. The summed E-state index contributed by atoms with van der Waals surface area (Å²) in [7, 11) is 0. The van der Waals surface area contributed by atoms with E-state index in [1.54, 1.807) is 11.8 Å². The molecule has 2 aliphatic heterocycles. The lowest BCUT2D eigenvalue weighted by molar-refractivity contribution is 0.0884. The Bertz CT molecular complexity index is 1120. The van der Waals surface area contributed by atoms with E-state index in [1.807, 2.05) is 36.4 Å². The molecule has 0 spiro atoms. The van der Waals surface area contributed by atoms with Gasteiger partial charge in [-0.1, -0.05) is 76.0 Å². The number of hydrogen-bond donors (Lipinski definition) is 0. The number of aliphatic imine (C=N–C) groups is 1. The molecule has 2 unspecified atom stereocenters. The number of oxime groups is 1. The molecule has 30 heavy (non-hydrogen) atoms. The number of benzene rings is 3. The second kappa shape index (κ2) is 7.82. The molecule has 150 valence electrons. The highest BCUT2D eigenvalue weighted by molar-refractivity contribution is 8.16. The highest BCUT2D eigenvalue weighted by Gasteiger charge is 2.47. The molecule has 4 nitrogen and oxygen atoms in total. The number of aryl methyl sites for hydroxylation is 2. The van der Waals surface area contributed by atoms with Gasteiger partial charge in [0.25, 0.3) is 0 Å². The monoisotopic (exact) mass is 433 g/mol. The Morgan fingerprint density at radius 3 is 2.20 bits per heavy atom.